The molecule has 0 aliphatic carbocycles. The molecule has 0 heterocycles. The van der Waals surface area contributed by atoms with Crippen LogP contribution in [-0.2, 0) is 6.42 Å². The average molecular weight is 264 g/mol. The van der Waals surface area contributed by atoms with E-state index in [0.717, 1.165) is 43.6 Å². The van der Waals surface area contributed by atoms with Crippen LogP contribution in [0.1, 0.15) is 35.7 Å². The maximum atomic E-state index is 11.0. The largest absolute Gasteiger partial charge is 0.478 e. The van der Waals surface area contributed by atoms with Crippen molar-refractivity contribution < 1.29 is 9.90 Å². The van der Waals surface area contributed by atoms with Gasteiger partial charge in [0.1, 0.15) is 0 Å². The Morgan fingerprint density at radius 2 is 2.11 bits per heavy atom. The normalized spacial score (nSPS) is 10.7. The predicted molar refractivity (Wildman–Crippen MR) is 79.1 cm³/mol. The highest BCUT2D eigenvalue weighted by atomic mass is 16.4. The first kappa shape index (κ1) is 15.5. The highest BCUT2D eigenvalue weighted by Crippen LogP contribution is 2.19. The first-order valence-electron chi connectivity index (χ1n) is 6.79. The summed E-state index contributed by atoms with van der Waals surface area (Å²) in [4.78, 5) is 13.1. The number of unbranched alkanes of at least 4 members (excludes halogenated alkanes) is 1. The standard InChI is InChI=1S/C15H24N2O2/c1-4-5-9-16-14-7-6-13(15(18)19)11-12(14)8-10-17(2)3/h6-7,11,16H,4-5,8-10H2,1-3H3,(H,18,19). The fourth-order valence-electron chi connectivity index (χ4n) is 1.85. The second-order valence-corrected chi connectivity index (χ2v) is 5.01. The lowest BCUT2D eigenvalue weighted by molar-refractivity contribution is 0.0697. The highest BCUT2D eigenvalue weighted by Gasteiger charge is 2.08. The SMILES string of the molecule is CCCCNc1ccc(C(=O)O)cc1CCN(C)C. The van der Waals surface area contributed by atoms with Crippen molar-refractivity contribution in [1.29, 1.82) is 0 Å². The van der Waals surface area contributed by atoms with Crippen LogP contribution in [0.4, 0.5) is 5.69 Å². The summed E-state index contributed by atoms with van der Waals surface area (Å²) in [6.07, 6.45) is 3.11. The van der Waals surface area contributed by atoms with E-state index < -0.39 is 5.97 Å². The van der Waals surface area contributed by atoms with Crippen LogP contribution in [0.5, 0.6) is 0 Å². The molecule has 0 radical (unpaired) electrons. The number of rotatable bonds is 8. The average Bonchev–Trinajstić information content (AvgIpc) is 2.37. The van der Waals surface area contributed by atoms with E-state index in [2.05, 4.69) is 17.1 Å². The molecule has 0 unspecified atom stereocenters. The number of benzene rings is 1. The van der Waals surface area contributed by atoms with Gasteiger partial charge in [-0.05, 0) is 50.7 Å². The molecule has 4 heteroatoms. The number of carboxylic acids is 1. The monoisotopic (exact) mass is 264 g/mol. The van der Waals surface area contributed by atoms with Gasteiger partial charge in [0.05, 0.1) is 5.56 Å². The van der Waals surface area contributed by atoms with Crippen LogP contribution >= 0.6 is 0 Å². The third kappa shape index (κ3) is 5.30. The fourth-order valence-corrected chi connectivity index (χ4v) is 1.85. The van der Waals surface area contributed by atoms with Crippen molar-refractivity contribution in [2.24, 2.45) is 0 Å². The summed E-state index contributed by atoms with van der Waals surface area (Å²) in [6.45, 7) is 3.99. The third-order valence-electron chi connectivity index (χ3n) is 3.03. The Bertz CT molecular complexity index is 417. The van der Waals surface area contributed by atoms with E-state index in [9.17, 15) is 4.79 Å². The van der Waals surface area contributed by atoms with Crippen LogP contribution in [0.25, 0.3) is 0 Å². The number of carboxylic acid groups (broad SMARTS) is 1. The lowest BCUT2D eigenvalue weighted by Gasteiger charge is -2.15. The number of aromatic carboxylic acids is 1. The van der Waals surface area contributed by atoms with Gasteiger partial charge in [-0.25, -0.2) is 4.79 Å². The fraction of sp³-hybridized carbons (Fsp3) is 0.533. The van der Waals surface area contributed by atoms with E-state index in [1.807, 2.05) is 20.2 Å². The zero-order valence-corrected chi connectivity index (χ0v) is 12.1. The molecule has 19 heavy (non-hydrogen) atoms. The van der Waals surface area contributed by atoms with Crippen molar-refractivity contribution in [3.8, 4) is 0 Å². The molecule has 2 N–H and O–H groups in total. The van der Waals surface area contributed by atoms with E-state index in [1.165, 1.54) is 0 Å². The van der Waals surface area contributed by atoms with Crippen molar-refractivity contribution in [3.63, 3.8) is 0 Å². The number of hydrogen-bond acceptors (Lipinski definition) is 3. The lowest BCUT2D eigenvalue weighted by atomic mass is 10.0. The van der Waals surface area contributed by atoms with Gasteiger partial charge >= 0.3 is 5.97 Å². The number of nitrogens with zero attached hydrogens (tertiary/aromatic N) is 1. The minimum atomic E-state index is -0.869. The van der Waals surface area contributed by atoms with Gasteiger partial charge in [0.15, 0.2) is 0 Å². The smallest absolute Gasteiger partial charge is 0.335 e. The van der Waals surface area contributed by atoms with Crippen LogP contribution in [-0.4, -0.2) is 43.2 Å². The van der Waals surface area contributed by atoms with Gasteiger partial charge in [-0.15, -0.1) is 0 Å². The quantitative estimate of drug-likeness (QED) is 0.709. The molecule has 0 spiro atoms. The lowest BCUT2D eigenvalue weighted by Crippen LogP contribution is -2.16. The van der Waals surface area contributed by atoms with Crippen LogP contribution in [0.15, 0.2) is 18.2 Å². The van der Waals surface area contributed by atoms with Crippen molar-refractivity contribution >= 4 is 11.7 Å². The molecule has 1 aromatic rings. The summed E-state index contributed by atoms with van der Waals surface area (Å²) in [7, 11) is 4.04. The molecule has 106 valence electrons. The van der Waals surface area contributed by atoms with E-state index in [4.69, 9.17) is 5.11 Å². The molecule has 0 saturated carbocycles. The van der Waals surface area contributed by atoms with E-state index in [0.29, 0.717) is 5.56 Å². The molecule has 0 atom stereocenters. The number of anilines is 1. The Labute approximate surface area is 115 Å². The van der Waals surface area contributed by atoms with Crippen molar-refractivity contribution in [3.05, 3.63) is 29.3 Å². The Morgan fingerprint density at radius 1 is 1.37 bits per heavy atom. The highest BCUT2D eigenvalue weighted by molar-refractivity contribution is 5.88. The number of hydrogen-bond donors (Lipinski definition) is 2. The van der Waals surface area contributed by atoms with Crippen LogP contribution in [0, 0.1) is 0 Å². The minimum absolute atomic E-state index is 0.356. The summed E-state index contributed by atoms with van der Waals surface area (Å²) in [5, 5.41) is 12.5. The Morgan fingerprint density at radius 3 is 2.68 bits per heavy atom. The van der Waals surface area contributed by atoms with Crippen molar-refractivity contribution in [2.75, 3.05) is 32.5 Å². The Kier molecular flexibility index (Phi) is 6.36. The number of carbonyl (C=O) groups is 1. The van der Waals surface area contributed by atoms with Crippen molar-refractivity contribution in [1.82, 2.24) is 4.90 Å². The first-order chi connectivity index (χ1) is 9.04. The second-order valence-electron chi connectivity index (χ2n) is 5.01. The summed E-state index contributed by atoms with van der Waals surface area (Å²) in [6, 6.07) is 5.32. The van der Waals surface area contributed by atoms with Crippen LogP contribution < -0.4 is 5.32 Å². The predicted octanol–water partition coefficient (Wildman–Crippen LogP) is 2.70. The van der Waals surface area contributed by atoms with Gasteiger partial charge in [0.25, 0.3) is 0 Å². The molecule has 0 aliphatic rings. The summed E-state index contributed by atoms with van der Waals surface area (Å²) in [5.41, 5.74) is 2.49. The summed E-state index contributed by atoms with van der Waals surface area (Å²) < 4.78 is 0. The Hall–Kier alpha value is -1.55. The topological polar surface area (TPSA) is 52.6 Å². The molecule has 1 aromatic carbocycles. The van der Waals surface area contributed by atoms with Gasteiger partial charge in [0, 0.05) is 18.8 Å². The molecule has 4 nitrogen and oxygen atoms in total. The van der Waals surface area contributed by atoms with E-state index in [1.54, 1.807) is 12.1 Å². The van der Waals surface area contributed by atoms with Crippen molar-refractivity contribution in [2.45, 2.75) is 26.2 Å². The molecule has 0 saturated heterocycles. The maximum Gasteiger partial charge on any atom is 0.335 e. The summed E-state index contributed by atoms with van der Waals surface area (Å²) in [5.74, 6) is -0.869. The molecule has 0 amide bonds. The second kappa shape index (κ2) is 7.79. The van der Waals surface area contributed by atoms with E-state index >= 15 is 0 Å². The van der Waals surface area contributed by atoms with Crippen LogP contribution in [0.3, 0.4) is 0 Å². The summed E-state index contributed by atoms with van der Waals surface area (Å²) >= 11 is 0. The van der Waals surface area contributed by atoms with Gasteiger partial charge in [0.2, 0.25) is 0 Å². The molecule has 0 bridgehead atoms. The molecule has 0 fully saturated rings. The van der Waals surface area contributed by atoms with Crippen LogP contribution in [0.2, 0.25) is 0 Å². The van der Waals surface area contributed by atoms with Gasteiger partial charge in [-0.3, -0.25) is 0 Å². The number of nitrogens with one attached hydrogen (secondary N) is 1. The maximum absolute atomic E-state index is 11.0. The Balaban J connectivity index is 2.84. The van der Waals surface area contributed by atoms with Gasteiger partial charge < -0.3 is 15.3 Å². The molecular formula is C15H24N2O2. The zero-order chi connectivity index (χ0) is 14.3. The minimum Gasteiger partial charge on any atom is -0.478 e. The first-order valence-corrected chi connectivity index (χ1v) is 6.79. The molecule has 0 aliphatic heterocycles. The zero-order valence-electron chi connectivity index (χ0n) is 12.1. The molecular weight excluding hydrogens is 240 g/mol. The van der Waals surface area contributed by atoms with E-state index in [-0.39, 0.29) is 0 Å². The third-order valence-corrected chi connectivity index (χ3v) is 3.03. The molecule has 0 aromatic heterocycles. The molecule has 1 rings (SSSR count). The van der Waals surface area contributed by atoms with Gasteiger partial charge in [-0.2, -0.15) is 0 Å². The van der Waals surface area contributed by atoms with Gasteiger partial charge in [-0.1, -0.05) is 13.3 Å². The number of likely N-dealkylation sites (N-methyl/N-ethyl adjacent to an activating group) is 1.